The molecule has 1 aliphatic heterocycles. The number of aromatic amines is 1. The van der Waals surface area contributed by atoms with Gasteiger partial charge in [-0.2, -0.15) is 0 Å². The summed E-state index contributed by atoms with van der Waals surface area (Å²) in [4.78, 5) is 28.1. The Labute approximate surface area is 217 Å². The van der Waals surface area contributed by atoms with E-state index in [0.717, 1.165) is 33.9 Å². The second-order valence-electron chi connectivity index (χ2n) is 8.26. The third-order valence-corrected chi connectivity index (χ3v) is 6.23. The SMILES string of the molecule is Cc1ccc(NC(=O)Nc2ccc(Cl)cc2Cl)cc1Nc1ccc2c(c1)NC(=O)/C2=C\c1ccc[nH]1. The highest BCUT2D eigenvalue weighted by atomic mass is 35.5. The van der Waals surface area contributed by atoms with Crippen LogP contribution in [-0.4, -0.2) is 16.9 Å². The van der Waals surface area contributed by atoms with E-state index in [1.807, 2.05) is 67.7 Å². The van der Waals surface area contributed by atoms with Gasteiger partial charge < -0.3 is 26.3 Å². The van der Waals surface area contributed by atoms with E-state index in [0.29, 0.717) is 27.0 Å². The molecule has 36 heavy (non-hydrogen) atoms. The second-order valence-corrected chi connectivity index (χ2v) is 9.10. The number of aryl methyl sites for hydroxylation is 1. The summed E-state index contributed by atoms with van der Waals surface area (Å²) in [6, 6.07) is 19.5. The van der Waals surface area contributed by atoms with Crippen LogP contribution >= 0.6 is 23.2 Å². The van der Waals surface area contributed by atoms with E-state index in [9.17, 15) is 9.59 Å². The van der Waals surface area contributed by atoms with Gasteiger partial charge in [0, 0.05) is 39.5 Å². The fourth-order valence-electron chi connectivity index (χ4n) is 3.87. The molecule has 2 heterocycles. The maximum Gasteiger partial charge on any atom is 0.323 e. The first-order chi connectivity index (χ1) is 17.4. The van der Waals surface area contributed by atoms with E-state index in [4.69, 9.17) is 23.2 Å². The van der Waals surface area contributed by atoms with Crippen molar-refractivity contribution >= 4 is 75.2 Å². The number of halogens is 2. The second kappa shape index (κ2) is 9.81. The molecule has 7 nitrogen and oxygen atoms in total. The topological polar surface area (TPSA) is 98.0 Å². The number of amides is 3. The highest BCUT2D eigenvalue weighted by Gasteiger charge is 2.24. The Morgan fingerprint density at radius 3 is 2.53 bits per heavy atom. The van der Waals surface area contributed by atoms with E-state index in [1.54, 1.807) is 18.2 Å². The van der Waals surface area contributed by atoms with Gasteiger partial charge in [0.05, 0.1) is 22.0 Å². The van der Waals surface area contributed by atoms with Crippen molar-refractivity contribution in [3.8, 4) is 0 Å². The van der Waals surface area contributed by atoms with Crippen molar-refractivity contribution in [3.05, 3.63) is 99.8 Å². The largest absolute Gasteiger partial charge is 0.362 e. The minimum absolute atomic E-state index is 0.147. The zero-order valence-electron chi connectivity index (χ0n) is 19.1. The lowest BCUT2D eigenvalue weighted by molar-refractivity contribution is -0.110. The number of fused-ring (bicyclic) bond motifs is 1. The van der Waals surface area contributed by atoms with Crippen molar-refractivity contribution in [2.75, 3.05) is 21.3 Å². The molecule has 0 saturated heterocycles. The van der Waals surface area contributed by atoms with Gasteiger partial charge >= 0.3 is 6.03 Å². The Balaban J connectivity index is 1.31. The van der Waals surface area contributed by atoms with Crippen LogP contribution in [0, 0.1) is 6.92 Å². The van der Waals surface area contributed by atoms with Crippen molar-refractivity contribution in [3.63, 3.8) is 0 Å². The lowest BCUT2D eigenvalue weighted by Crippen LogP contribution is -2.19. The lowest BCUT2D eigenvalue weighted by Gasteiger charge is -2.14. The molecule has 3 amide bonds. The van der Waals surface area contributed by atoms with Crippen LogP contribution in [0.15, 0.2) is 72.9 Å². The van der Waals surface area contributed by atoms with E-state index in [1.165, 1.54) is 0 Å². The third-order valence-electron chi connectivity index (χ3n) is 5.68. The normalized spacial score (nSPS) is 13.3. The molecule has 5 rings (SSSR count). The molecule has 0 bridgehead atoms. The molecule has 0 saturated carbocycles. The molecule has 180 valence electrons. The van der Waals surface area contributed by atoms with Gasteiger partial charge in [-0.3, -0.25) is 4.79 Å². The third kappa shape index (κ3) is 5.07. The highest BCUT2D eigenvalue weighted by molar-refractivity contribution is 6.37. The molecule has 1 aromatic heterocycles. The molecule has 3 aromatic carbocycles. The van der Waals surface area contributed by atoms with Gasteiger partial charge in [0.1, 0.15) is 0 Å². The molecule has 1 aliphatic rings. The Morgan fingerprint density at radius 1 is 0.917 bits per heavy atom. The molecule has 0 aliphatic carbocycles. The first-order valence-electron chi connectivity index (χ1n) is 11.1. The molecule has 0 fully saturated rings. The number of H-pyrrole nitrogens is 1. The summed E-state index contributed by atoms with van der Waals surface area (Å²) in [7, 11) is 0. The average molecular weight is 518 g/mol. The van der Waals surface area contributed by atoms with Crippen LogP contribution in [-0.2, 0) is 4.79 Å². The number of carbonyl (C=O) groups excluding carboxylic acids is 2. The summed E-state index contributed by atoms with van der Waals surface area (Å²) in [6.45, 7) is 1.96. The fourth-order valence-corrected chi connectivity index (χ4v) is 4.33. The molecule has 0 radical (unpaired) electrons. The molecular weight excluding hydrogens is 497 g/mol. The Bertz CT molecular complexity index is 1510. The number of hydrogen-bond acceptors (Lipinski definition) is 3. The molecule has 0 atom stereocenters. The quantitative estimate of drug-likeness (QED) is 0.177. The van der Waals surface area contributed by atoms with Crippen LogP contribution < -0.4 is 21.3 Å². The fraction of sp³-hybridized carbons (Fsp3) is 0.0370. The van der Waals surface area contributed by atoms with Gasteiger partial charge in [0.2, 0.25) is 0 Å². The first kappa shape index (κ1) is 23.5. The maximum absolute atomic E-state index is 12.5. The summed E-state index contributed by atoms with van der Waals surface area (Å²) < 4.78 is 0. The van der Waals surface area contributed by atoms with Crippen LogP contribution in [0.5, 0.6) is 0 Å². The molecule has 9 heteroatoms. The van der Waals surface area contributed by atoms with E-state index in [2.05, 4.69) is 26.3 Å². The summed E-state index contributed by atoms with van der Waals surface area (Å²) >= 11 is 12.0. The zero-order chi connectivity index (χ0) is 25.2. The van der Waals surface area contributed by atoms with E-state index >= 15 is 0 Å². The van der Waals surface area contributed by atoms with Gasteiger partial charge in [-0.25, -0.2) is 4.79 Å². The lowest BCUT2D eigenvalue weighted by atomic mass is 10.1. The maximum atomic E-state index is 12.5. The van der Waals surface area contributed by atoms with Crippen molar-refractivity contribution in [1.82, 2.24) is 4.98 Å². The summed E-state index contributed by atoms with van der Waals surface area (Å²) in [6.07, 6.45) is 3.64. The van der Waals surface area contributed by atoms with Gasteiger partial charge in [-0.05, 0) is 73.2 Å². The van der Waals surface area contributed by atoms with Gasteiger partial charge in [-0.1, -0.05) is 35.3 Å². The molecule has 4 aromatic rings. The molecular formula is C27H21Cl2N5O2. The standard InChI is InChI=1S/C27H21Cl2N5O2/c1-15-4-6-19(32-27(36)34-23-9-5-16(28)11-22(23)29)13-24(15)31-18-7-8-20-21(12-17-3-2-10-30-17)26(35)33-25(20)14-18/h2-14,30-31H,1H3,(H,33,35)(H2,32,34,36)/b21-12-. The number of urea groups is 1. The highest BCUT2D eigenvalue weighted by Crippen LogP contribution is 2.36. The van der Waals surface area contributed by atoms with Crippen LogP contribution in [0.1, 0.15) is 16.8 Å². The Kier molecular flexibility index (Phi) is 6.41. The number of nitrogens with one attached hydrogen (secondary N) is 5. The van der Waals surface area contributed by atoms with Gasteiger partial charge in [0.15, 0.2) is 0 Å². The number of benzene rings is 3. The molecule has 0 unspecified atom stereocenters. The van der Waals surface area contributed by atoms with Crippen molar-refractivity contribution < 1.29 is 9.59 Å². The number of anilines is 5. The predicted octanol–water partition coefficient (Wildman–Crippen LogP) is 7.51. The summed E-state index contributed by atoms with van der Waals surface area (Å²) in [5, 5.41) is 12.7. The Hall–Kier alpha value is -4.20. The monoisotopic (exact) mass is 517 g/mol. The van der Waals surface area contributed by atoms with E-state index in [-0.39, 0.29) is 5.91 Å². The van der Waals surface area contributed by atoms with Crippen LogP contribution in [0.3, 0.4) is 0 Å². The van der Waals surface area contributed by atoms with Crippen LogP contribution in [0.4, 0.5) is 33.2 Å². The van der Waals surface area contributed by atoms with Crippen LogP contribution in [0.2, 0.25) is 10.0 Å². The van der Waals surface area contributed by atoms with Gasteiger partial charge in [0.25, 0.3) is 5.91 Å². The first-order valence-corrected chi connectivity index (χ1v) is 11.8. The minimum Gasteiger partial charge on any atom is -0.362 e. The van der Waals surface area contributed by atoms with Crippen molar-refractivity contribution in [2.24, 2.45) is 0 Å². The van der Waals surface area contributed by atoms with E-state index < -0.39 is 6.03 Å². The number of rotatable bonds is 5. The predicted molar refractivity (Wildman–Crippen MR) is 147 cm³/mol. The Morgan fingerprint density at radius 2 is 1.75 bits per heavy atom. The van der Waals surface area contributed by atoms with Crippen molar-refractivity contribution in [2.45, 2.75) is 6.92 Å². The van der Waals surface area contributed by atoms with Crippen molar-refractivity contribution in [1.29, 1.82) is 0 Å². The van der Waals surface area contributed by atoms with Gasteiger partial charge in [-0.15, -0.1) is 0 Å². The minimum atomic E-state index is -0.435. The average Bonchev–Trinajstić information content (AvgIpc) is 3.46. The zero-order valence-corrected chi connectivity index (χ0v) is 20.6. The number of hydrogen-bond donors (Lipinski definition) is 5. The summed E-state index contributed by atoms with van der Waals surface area (Å²) in [5.41, 5.74) is 6.67. The van der Waals surface area contributed by atoms with Crippen LogP contribution in [0.25, 0.3) is 11.6 Å². The summed E-state index contributed by atoms with van der Waals surface area (Å²) in [5.74, 6) is -0.147. The smallest absolute Gasteiger partial charge is 0.323 e. The number of aromatic nitrogens is 1. The molecule has 0 spiro atoms. The molecule has 5 N–H and O–H groups in total. The number of carbonyl (C=O) groups is 2.